The van der Waals surface area contributed by atoms with Crippen molar-refractivity contribution in [1.82, 2.24) is 4.90 Å². The molecule has 0 N–H and O–H groups in total. The number of amides is 1. The Balaban J connectivity index is 1.81. The minimum Gasteiger partial charge on any atom is -0.449 e. The maximum Gasteiger partial charge on any atom is 0.410 e. The molecule has 2 fully saturated rings. The van der Waals surface area contributed by atoms with Crippen LogP contribution in [0.15, 0.2) is 0 Å². The first-order chi connectivity index (χ1) is 10.7. The zero-order chi connectivity index (χ0) is 17.1. The van der Waals surface area contributed by atoms with Gasteiger partial charge in [0.2, 0.25) is 0 Å². The number of carbonyl (C=O) groups is 2. The van der Waals surface area contributed by atoms with Crippen molar-refractivity contribution in [2.24, 2.45) is 11.3 Å². The van der Waals surface area contributed by atoms with Crippen molar-refractivity contribution in [3.05, 3.63) is 0 Å². The fraction of sp³-hybridized carbons (Fsp3) is 0.882. The summed E-state index contributed by atoms with van der Waals surface area (Å²) >= 11 is 5.46. The van der Waals surface area contributed by atoms with E-state index in [4.69, 9.17) is 21.1 Å². The van der Waals surface area contributed by atoms with Crippen molar-refractivity contribution in [2.45, 2.75) is 64.9 Å². The molecular weight excluding hydrogens is 318 g/mol. The first-order valence-electron chi connectivity index (χ1n) is 8.45. The van der Waals surface area contributed by atoms with Crippen LogP contribution in [0.3, 0.4) is 0 Å². The SMILES string of the molecule is CC(C)(C)OC(=O)N1CCC2(CCC(C(=O)OCCl)CC2)CC1. The number of piperidine rings is 1. The van der Waals surface area contributed by atoms with Crippen molar-refractivity contribution in [1.29, 1.82) is 0 Å². The Morgan fingerprint density at radius 2 is 1.70 bits per heavy atom. The van der Waals surface area contributed by atoms with E-state index in [-0.39, 0.29) is 29.5 Å². The molecule has 0 aromatic rings. The van der Waals surface area contributed by atoms with Crippen molar-refractivity contribution in [3.8, 4) is 0 Å². The minimum atomic E-state index is -0.451. The standard InChI is InChI=1S/C17H28ClNO4/c1-16(2,3)23-15(21)19-10-8-17(9-11-19)6-4-13(5-7-17)14(20)22-12-18/h13H,4-12H2,1-3H3. The van der Waals surface area contributed by atoms with E-state index in [2.05, 4.69) is 0 Å². The van der Waals surface area contributed by atoms with Gasteiger partial charge in [0.05, 0.1) is 5.92 Å². The highest BCUT2D eigenvalue weighted by atomic mass is 35.5. The van der Waals surface area contributed by atoms with Gasteiger partial charge in [-0.3, -0.25) is 4.79 Å². The normalized spacial score (nSPS) is 22.0. The van der Waals surface area contributed by atoms with Crippen LogP contribution in [0.5, 0.6) is 0 Å². The summed E-state index contributed by atoms with van der Waals surface area (Å²) in [5.41, 5.74) is -0.177. The number of likely N-dealkylation sites (tertiary alicyclic amines) is 1. The molecule has 132 valence electrons. The topological polar surface area (TPSA) is 55.8 Å². The summed E-state index contributed by atoms with van der Waals surface area (Å²) in [6, 6.07) is -0.0642. The molecule has 2 rings (SSSR count). The van der Waals surface area contributed by atoms with Crippen LogP contribution < -0.4 is 0 Å². The van der Waals surface area contributed by atoms with Gasteiger partial charge in [-0.2, -0.15) is 0 Å². The first-order valence-corrected chi connectivity index (χ1v) is 8.99. The molecule has 0 aromatic heterocycles. The monoisotopic (exact) mass is 345 g/mol. The van der Waals surface area contributed by atoms with Crippen molar-refractivity contribution in [3.63, 3.8) is 0 Å². The quantitative estimate of drug-likeness (QED) is 0.562. The Kier molecular flexibility index (Phi) is 5.82. The van der Waals surface area contributed by atoms with Gasteiger partial charge in [0.15, 0.2) is 6.07 Å². The summed E-state index contributed by atoms with van der Waals surface area (Å²) in [7, 11) is 0. The first kappa shape index (κ1) is 18.4. The zero-order valence-corrected chi connectivity index (χ0v) is 15.2. The third-order valence-corrected chi connectivity index (χ3v) is 5.16. The molecule has 0 aromatic carbocycles. The molecule has 0 atom stereocenters. The van der Waals surface area contributed by atoms with E-state index in [1.807, 2.05) is 25.7 Å². The molecule has 0 bridgehead atoms. The number of hydrogen-bond acceptors (Lipinski definition) is 4. The number of carbonyl (C=O) groups excluding carboxylic acids is 2. The highest BCUT2D eigenvalue weighted by molar-refractivity contribution is 6.17. The summed E-state index contributed by atoms with van der Waals surface area (Å²) < 4.78 is 10.4. The molecule has 1 saturated carbocycles. The zero-order valence-electron chi connectivity index (χ0n) is 14.4. The second kappa shape index (κ2) is 7.29. The Morgan fingerprint density at radius 3 is 2.17 bits per heavy atom. The van der Waals surface area contributed by atoms with Gasteiger partial charge in [-0.05, 0) is 64.7 Å². The van der Waals surface area contributed by atoms with Crippen LogP contribution in [0.4, 0.5) is 4.79 Å². The van der Waals surface area contributed by atoms with E-state index in [0.29, 0.717) is 0 Å². The summed E-state index contributed by atoms with van der Waals surface area (Å²) in [6.45, 7) is 7.14. The Hall–Kier alpha value is -0.970. The number of alkyl halides is 1. The predicted molar refractivity (Wildman–Crippen MR) is 88.2 cm³/mol. The molecule has 0 unspecified atom stereocenters. The van der Waals surface area contributed by atoms with E-state index in [9.17, 15) is 9.59 Å². The lowest BCUT2D eigenvalue weighted by molar-refractivity contribution is -0.148. The van der Waals surface area contributed by atoms with Crippen LogP contribution in [0.1, 0.15) is 59.3 Å². The lowest BCUT2D eigenvalue weighted by Gasteiger charge is -2.45. The summed E-state index contributed by atoms with van der Waals surface area (Å²) in [6.07, 6.45) is 5.54. The predicted octanol–water partition coefficient (Wildman–Crippen LogP) is 3.93. The van der Waals surface area contributed by atoms with Crippen LogP contribution >= 0.6 is 11.6 Å². The molecule has 2 aliphatic rings. The molecule has 1 amide bonds. The van der Waals surface area contributed by atoms with E-state index in [1.54, 1.807) is 0 Å². The van der Waals surface area contributed by atoms with Gasteiger partial charge in [-0.25, -0.2) is 4.79 Å². The number of nitrogens with zero attached hydrogens (tertiary/aromatic N) is 1. The molecule has 5 nitrogen and oxygen atoms in total. The number of halogens is 1. The summed E-state index contributed by atoms with van der Waals surface area (Å²) in [5, 5.41) is 0. The third-order valence-electron chi connectivity index (χ3n) is 5.05. The van der Waals surface area contributed by atoms with Crippen molar-refractivity contribution in [2.75, 3.05) is 19.2 Å². The van der Waals surface area contributed by atoms with E-state index >= 15 is 0 Å². The minimum absolute atomic E-state index is 0.0109. The van der Waals surface area contributed by atoms with Gasteiger partial charge >= 0.3 is 12.1 Å². The van der Waals surface area contributed by atoms with E-state index in [0.717, 1.165) is 51.6 Å². The molecule has 1 heterocycles. The second-order valence-electron chi connectivity index (χ2n) is 7.81. The number of ether oxygens (including phenoxy) is 2. The lowest BCUT2D eigenvalue weighted by Crippen LogP contribution is -2.46. The molecule has 1 aliphatic heterocycles. The van der Waals surface area contributed by atoms with Gasteiger partial charge in [0.1, 0.15) is 5.60 Å². The number of rotatable bonds is 2. The van der Waals surface area contributed by atoms with Gasteiger partial charge in [0, 0.05) is 13.1 Å². The summed E-state index contributed by atoms with van der Waals surface area (Å²) in [5.74, 6) is -0.177. The molecule has 1 aliphatic carbocycles. The summed E-state index contributed by atoms with van der Waals surface area (Å²) in [4.78, 5) is 25.7. The average molecular weight is 346 g/mol. The van der Waals surface area contributed by atoms with Gasteiger partial charge in [0.25, 0.3) is 0 Å². The molecule has 23 heavy (non-hydrogen) atoms. The van der Waals surface area contributed by atoms with Crippen LogP contribution in [0.25, 0.3) is 0 Å². The maximum absolute atomic E-state index is 12.1. The number of esters is 1. The highest BCUT2D eigenvalue weighted by Gasteiger charge is 2.41. The van der Waals surface area contributed by atoms with Crippen LogP contribution in [-0.2, 0) is 14.3 Å². The Bertz CT molecular complexity index is 428. The third kappa shape index (κ3) is 5.00. The largest absolute Gasteiger partial charge is 0.449 e. The Morgan fingerprint density at radius 1 is 1.13 bits per heavy atom. The van der Waals surface area contributed by atoms with Crippen molar-refractivity contribution >= 4 is 23.7 Å². The molecule has 1 saturated heterocycles. The van der Waals surface area contributed by atoms with E-state index in [1.165, 1.54) is 0 Å². The number of hydrogen-bond donors (Lipinski definition) is 0. The van der Waals surface area contributed by atoms with Gasteiger partial charge in [-0.1, -0.05) is 11.6 Å². The van der Waals surface area contributed by atoms with Gasteiger partial charge < -0.3 is 14.4 Å². The van der Waals surface area contributed by atoms with Gasteiger partial charge in [-0.15, -0.1) is 0 Å². The average Bonchev–Trinajstić information content (AvgIpc) is 2.47. The molecular formula is C17H28ClNO4. The maximum atomic E-state index is 12.1. The van der Waals surface area contributed by atoms with Crippen LogP contribution in [0, 0.1) is 11.3 Å². The van der Waals surface area contributed by atoms with Crippen LogP contribution in [0.2, 0.25) is 0 Å². The molecule has 6 heteroatoms. The lowest BCUT2D eigenvalue weighted by atomic mass is 9.65. The fourth-order valence-corrected chi connectivity index (χ4v) is 3.74. The molecule has 1 spiro atoms. The van der Waals surface area contributed by atoms with Crippen LogP contribution in [-0.4, -0.2) is 41.7 Å². The van der Waals surface area contributed by atoms with E-state index < -0.39 is 5.60 Å². The van der Waals surface area contributed by atoms with Crippen molar-refractivity contribution < 1.29 is 19.1 Å². The second-order valence-corrected chi connectivity index (χ2v) is 8.03. The Labute approximate surface area is 143 Å². The smallest absolute Gasteiger partial charge is 0.410 e. The molecule has 0 radical (unpaired) electrons. The fourth-order valence-electron chi connectivity index (χ4n) is 3.63. The highest BCUT2D eigenvalue weighted by Crippen LogP contribution is 2.46.